The standard InChI is InChI=1S/C9H5BClNS/c10-9-12-8(5-13-9)6-3-1-2-4-7(6)11/h1-5H. The molecule has 1 aromatic carbocycles. The second kappa shape index (κ2) is 3.52. The van der Waals surface area contributed by atoms with Crippen molar-refractivity contribution in [1.29, 1.82) is 0 Å². The molecule has 0 N–H and O–H groups in total. The SMILES string of the molecule is [B]c1nc(-c2ccccc2Cl)cs1. The average molecular weight is 205 g/mol. The molecule has 4 heteroatoms. The van der Waals surface area contributed by atoms with Crippen LogP contribution in [0.5, 0.6) is 0 Å². The second-order valence-corrected chi connectivity index (χ2v) is 3.85. The van der Waals surface area contributed by atoms with E-state index in [1.54, 1.807) is 0 Å². The fraction of sp³-hybridized carbons (Fsp3) is 0. The molecule has 0 aliphatic rings. The molecule has 0 fully saturated rings. The van der Waals surface area contributed by atoms with Gasteiger partial charge in [-0.25, -0.2) is 0 Å². The topological polar surface area (TPSA) is 12.9 Å². The molecule has 0 amide bonds. The summed E-state index contributed by atoms with van der Waals surface area (Å²) in [5.74, 6) is 0. The molecule has 0 unspecified atom stereocenters. The van der Waals surface area contributed by atoms with Crippen molar-refractivity contribution >= 4 is 35.7 Å². The molecule has 2 aromatic rings. The molecule has 0 spiro atoms. The Bertz CT molecular complexity index is 427. The summed E-state index contributed by atoms with van der Waals surface area (Å²) in [6, 6.07) is 7.58. The quantitative estimate of drug-likeness (QED) is 0.651. The number of hydrogen-bond donors (Lipinski definition) is 0. The molecule has 13 heavy (non-hydrogen) atoms. The molecule has 2 rings (SSSR count). The summed E-state index contributed by atoms with van der Waals surface area (Å²) >= 11 is 7.41. The van der Waals surface area contributed by atoms with E-state index in [4.69, 9.17) is 19.4 Å². The first-order valence-electron chi connectivity index (χ1n) is 3.73. The number of benzene rings is 1. The van der Waals surface area contributed by atoms with Gasteiger partial charge in [0.2, 0.25) is 0 Å². The summed E-state index contributed by atoms with van der Waals surface area (Å²) < 4.78 is 0. The van der Waals surface area contributed by atoms with Gasteiger partial charge < -0.3 is 0 Å². The van der Waals surface area contributed by atoms with Crippen molar-refractivity contribution in [3.05, 3.63) is 34.7 Å². The third kappa shape index (κ3) is 1.76. The van der Waals surface area contributed by atoms with Crippen molar-refractivity contribution in [2.24, 2.45) is 0 Å². The van der Waals surface area contributed by atoms with E-state index < -0.39 is 0 Å². The average Bonchev–Trinajstić information content (AvgIpc) is 2.53. The Kier molecular flexibility index (Phi) is 2.38. The summed E-state index contributed by atoms with van der Waals surface area (Å²) in [4.78, 5) is 4.72. The van der Waals surface area contributed by atoms with Crippen LogP contribution in [0, 0.1) is 0 Å². The van der Waals surface area contributed by atoms with Gasteiger partial charge in [0.05, 0.1) is 5.69 Å². The van der Waals surface area contributed by atoms with Crippen LogP contribution in [0.15, 0.2) is 29.6 Å². The first kappa shape index (κ1) is 8.79. The lowest BCUT2D eigenvalue weighted by atomic mass is 10.1. The monoisotopic (exact) mass is 205 g/mol. The molecule has 1 aromatic heterocycles. The lowest BCUT2D eigenvalue weighted by molar-refractivity contribution is 1.45. The van der Waals surface area contributed by atoms with E-state index in [0.717, 1.165) is 11.3 Å². The second-order valence-electron chi connectivity index (χ2n) is 2.55. The summed E-state index contributed by atoms with van der Waals surface area (Å²) in [5, 5.41) is 2.60. The smallest absolute Gasteiger partial charge is 0.157 e. The maximum atomic E-state index is 5.99. The van der Waals surface area contributed by atoms with Gasteiger partial charge in [-0.1, -0.05) is 29.8 Å². The van der Waals surface area contributed by atoms with E-state index in [1.165, 1.54) is 11.3 Å². The molecule has 2 radical (unpaired) electrons. The molecule has 0 bridgehead atoms. The van der Waals surface area contributed by atoms with Gasteiger partial charge in [-0.05, 0) is 6.07 Å². The molecule has 0 aliphatic carbocycles. The van der Waals surface area contributed by atoms with Gasteiger partial charge in [-0.15, -0.1) is 11.3 Å². The molecule has 62 valence electrons. The fourth-order valence-electron chi connectivity index (χ4n) is 1.08. The van der Waals surface area contributed by atoms with Gasteiger partial charge in [0.1, 0.15) is 0 Å². The highest BCUT2D eigenvalue weighted by Crippen LogP contribution is 2.25. The number of nitrogens with zero attached hydrogens (tertiary/aromatic N) is 1. The van der Waals surface area contributed by atoms with Crippen molar-refractivity contribution in [2.45, 2.75) is 0 Å². The Morgan fingerprint density at radius 1 is 1.31 bits per heavy atom. The van der Waals surface area contributed by atoms with E-state index in [1.807, 2.05) is 29.6 Å². The Morgan fingerprint density at radius 3 is 2.69 bits per heavy atom. The number of thiazole rings is 1. The van der Waals surface area contributed by atoms with Crippen LogP contribution in [0.4, 0.5) is 0 Å². The summed E-state index contributed by atoms with van der Waals surface area (Å²) in [5.41, 5.74) is 1.77. The third-order valence-electron chi connectivity index (χ3n) is 1.67. The van der Waals surface area contributed by atoms with E-state index in [-0.39, 0.29) is 0 Å². The van der Waals surface area contributed by atoms with Gasteiger partial charge in [0.25, 0.3) is 0 Å². The first-order chi connectivity index (χ1) is 6.27. The number of halogens is 1. The van der Waals surface area contributed by atoms with Crippen LogP contribution < -0.4 is 4.91 Å². The summed E-state index contributed by atoms with van der Waals surface area (Å²) in [6.45, 7) is 0. The number of hydrogen-bond acceptors (Lipinski definition) is 2. The third-order valence-corrected chi connectivity index (χ3v) is 2.68. The Morgan fingerprint density at radius 2 is 2.08 bits per heavy atom. The van der Waals surface area contributed by atoms with Crippen LogP contribution in [0.25, 0.3) is 11.3 Å². The highest BCUT2D eigenvalue weighted by molar-refractivity contribution is 7.18. The van der Waals surface area contributed by atoms with Gasteiger partial charge >= 0.3 is 0 Å². The van der Waals surface area contributed by atoms with Gasteiger partial charge in [-0.3, -0.25) is 4.98 Å². The Labute approximate surface area is 86.8 Å². The van der Waals surface area contributed by atoms with Gasteiger partial charge in [0.15, 0.2) is 7.85 Å². The van der Waals surface area contributed by atoms with Crippen molar-refractivity contribution in [3.63, 3.8) is 0 Å². The molecule has 1 nitrogen and oxygen atoms in total. The minimum Gasteiger partial charge on any atom is -0.253 e. The predicted molar refractivity (Wildman–Crippen MR) is 57.9 cm³/mol. The highest BCUT2D eigenvalue weighted by Gasteiger charge is 2.04. The predicted octanol–water partition coefficient (Wildman–Crippen LogP) is 2.26. The van der Waals surface area contributed by atoms with Crippen molar-refractivity contribution in [3.8, 4) is 11.3 Å². The highest BCUT2D eigenvalue weighted by atomic mass is 35.5. The number of rotatable bonds is 1. The maximum Gasteiger partial charge on any atom is 0.157 e. The normalized spacial score (nSPS) is 10.2. The summed E-state index contributed by atoms with van der Waals surface area (Å²) in [6.07, 6.45) is 0. The Balaban J connectivity index is 2.52. The first-order valence-corrected chi connectivity index (χ1v) is 4.99. The Hall–Kier alpha value is -0.795. The minimum atomic E-state index is 0.565. The lowest BCUT2D eigenvalue weighted by Crippen LogP contribution is -1.98. The van der Waals surface area contributed by atoms with E-state index in [9.17, 15) is 0 Å². The van der Waals surface area contributed by atoms with Crippen LogP contribution in [-0.4, -0.2) is 12.8 Å². The van der Waals surface area contributed by atoms with E-state index >= 15 is 0 Å². The zero-order chi connectivity index (χ0) is 9.26. The maximum absolute atomic E-state index is 5.99. The largest absolute Gasteiger partial charge is 0.253 e. The van der Waals surface area contributed by atoms with Gasteiger partial charge in [-0.2, -0.15) is 0 Å². The minimum absolute atomic E-state index is 0.565. The molecule has 0 aliphatic heterocycles. The van der Waals surface area contributed by atoms with Crippen molar-refractivity contribution in [1.82, 2.24) is 4.98 Å². The molecule has 0 atom stereocenters. The molecule has 0 saturated carbocycles. The zero-order valence-corrected chi connectivity index (χ0v) is 8.27. The number of aromatic nitrogens is 1. The van der Waals surface area contributed by atoms with Crippen LogP contribution >= 0.6 is 22.9 Å². The lowest BCUT2D eigenvalue weighted by Gasteiger charge is -1.98. The summed E-state index contributed by atoms with van der Waals surface area (Å²) in [7, 11) is 5.53. The molecule has 1 heterocycles. The van der Waals surface area contributed by atoms with Crippen LogP contribution in [0.3, 0.4) is 0 Å². The fourth-order valence-corrected chi connectivity index (χ4v) is 1.88. The van der Waals surface area contributed by atoms with Gasteiger partial charge in [0, 0.05) is 20.9 Å². The van der Waals surface area contributed by atoms with E-state index in [0.29, 0.717) is 9.93 Å². The molecule has 0 saturated heterocycles. The van der Waals surface area contributed by atoms with Crippen molar-refractivity contribution < 1.29 is 0 Å². The molecular formula is C9H5BClNS. The zero-order valence-electron chi connectivity index (χ0n) is 6.70. The molecular weight excluding hydrogens is 200 g/mol. The van der Waals surface area contributed by atoms with Crippen LogP contribution in [0.1, 0.15) is 0 Å². The van der Waals surface area contributed by atoms with Crippen LogP contribution in [-0.2, 0) is 0 Å². The van der Waals surface area contributed by atoms with Crippen LogP contribution in [0.2, 0.25) is 5.02 Å². The van der Waals surface area contributed by atoms with E-state index in [2.05, 4.69) is 4.98 Å². The van der Waals surface area contributed by atoms with Crippen molar-refractivity contribution in [2.75, 3.05) is 0 Å².